The first kappa shape index (κ1) is 21.0. The monoisotopic (exact) mass is 409 g/mol. The smallest absolute Gasteiger partial charge is 0.338 e. The van der Waals surface area contributed by atoms with Crippen molar-refractivity contribution in [3.8, 4) is 5.75 Å². The Kier molecular flexibility index (Phi) is 6.41. The lowest BCUT2D eigenvalue weighted by atomic mass is 10.1. The zero-order valence-electron chi connectivity index (χ0n) is 17.2. The number of aryl methyl sites for hydroxylation is 1. The van der Waals surface area contributed by atoms with E-state index in [0.29, 0.717) is 28.4 Å². The highest BCUT2D eigenvalue weighted by Crippen LogP contribution is 2.19. The molecule has 156 valence electrons. The first-order chi connectivity index (χ1) is 14.4. The molecule has 1 heterocycles. The largest absolute Gasteiger partial charge is 0.486 e. The number of aromatic nitrogens is 4. The molecule has 9 heteroatoms. The second-order valence-corrected chi connectivity index (χ2v) is 6.92. The first-order valence-electron chi connectivity index (χ1n) is 9.39. The van der Waals surface area contributed by atoms with Crippen LogP contribution in [0.15, 0.2) is 42.5 Å². The van der Waals surface area contributed by atoms with Crippen LogP contribution < -0.4 is 10.1 Å². The molecule has 0 unspecified atom stereocenters. The predicted octanol–water partition coefficient (Wildman–Crippen LogP) is 3.18. The quantitative estimate of drug-likeness (QED) is 0.597. The minimum absolute atomic E-state index is 0.131. The Morgan fingerprint density at radius 3 is 2.53 bits per heavy atom. The van der Waals surface area contributed by atoms with Crippen LogP contribution in [0.3, 0.4) is 0 Å². The molecule has 0 atom stereocenters. The van der Waals surface area contributed by atoms with E-state index in [1.807, 2.05) is 13.8 Å². The third kappa shape index (κ3) is 4.80. The molecule has 30 heavy (non-hydrogen) atoms. The molecule has 1 amide bonds. The number of nitrogens with one attached hydrogen (secondary N) is 1. The van der Waals surface area contributed by atoms with Crippen molar-refractivity contribution < 1.29 is 19.1 Å². The highest BCUT2D eigenvalue weighted by Gasteiger charge is 2.13. The van der Waals surface area contributed by atoms with Crippen LogP contribution in [-0.4, -0.2) is 39.2 Å². The molecular weight excluding hydrogens is 386 g/mol. The summed E-state index contributed by atoms with van der Waals surface area (Å²) in [5, 5.41) is 14.3. The Morgan fingerprint density at radius 2 is 1.87 bits per heavy atom. The van der Waals surface area contributed by atoms with E-state index in [-0.39, 0.29) is 18.6 Å². The summed E-state index contributed by atoms with van der Waals surface area (Å²) in [5.41, 5.74) is 2.13. The molecule has 1 aromatic heterocycles. The van der Waals surface area contributed by atoms with Crippen molar-refractivity contribution in [1.82, 2.24) is 20.2 Å². The summed E-state index contributed by atoms with van der Waals surface area (Å²) in [5.74, 6) is 0.458. The fourth-order valence-electron chi connectivity index (χ4n) is 2.79. The number of hydrogen-bond acceptors (Lipinski definition) is 7. The summed E-state index contributed by atoms with van der Waals surface area (Å²) in [6, 6.07) is 11.9. The van der Waals surface area contributed by atoms with Crippen molar-refractivity contribution in [2.24, 2.45) is 0 Å². The number of methoxy groups -OCH3 is 1. The molecule has 1 N–H and O–H groups in total. The number of ether oxygens (including phenoxy) is 2. The third-order valence-corrected chi connectivity index (χ3v) is 4.44. The summed E-state index contributed by atoms with van der Waals surface area (Å²) < 4.78 is 12.2. The standard InChI is InChI=1S/C21H23N5O4/c1-13(2)26-19(23-24-25-26)12-30-17-9-6-15(7-10-17)20(27)22-16-8-5-14(3)18(11-16)21(28)29-4/h5-11,13H,12H2,1-4H3,(H,22,27). The molecular formula is C21H23N5O4. The topological polar surface area (TPSA) is 108 Å². The second kappa shape index (κ2) is 9.17. The van der Waals surface area contributed by atoms with Gasteiger partial charge in [-0.25, -0.2) is 9.48 Å². The Balaban J connectivity index is 1.64. The van der Waals surface area contributed by atoms with E-state index in [1.54, 1.807) is 54.1 Å². The summed E-state index contributed by atoms with van der Waals surface area (Å²) in [4.78, 5) is 24.3. The Hall–Kier alpha value is -3.75. The molecule has 0 radical (unpaired) electrons. The molecule has 0 saturated carbocycles. The summed E-state index contributed by atoms with van der Waals surface area (Å²) in [6.07, 6.45) is 0. The van der Waals surface area contributed by atoms with Crippen LogP contribution in [0.5, 0.6) is 5.75 Å². The van der Waals surface area contributed by atoms with Gasteiger partial charge in [-0.1, -0.05) is 6.07 Å². The van der Waals surface area contributed by atoms with Crippen molar-refractivity contribution in [3.05, 3.63) is 65.0 Å². The number of tetrazole rings is 1. The highest BCUT2D eigenvalue weighted by molar-refractivity contribution is 6.05. The third-order valence-electron chi connectivity index (χ3n) is 4.44. The SMILES string of the molecule is COC(=O)c1cc(NC(=O)c2ccc(OCc3nnnn3C(C)C)cc2)ccc1C. The van der Waals surface area contributed by atoms with Crippen molar-refractivity contribution in [3.63, 3.8) is 0 Å². The van der Waals surface area contributed by atoms with Crippen LogP contribution in [0.1, 0.15) is 52.0 Å². The van der Waals surface area contributed by atoms with Crippen LogP contribution >= 0.6 is 0 Å². The Morgan fingerprint density at radius 1 is 1.13 bits per heavy atom. The zero-order valence-corrected chi connectivity index (χ0v) is 17.2. The zero-order chi connectivity index (χ0) is 21.7. The molecule has 0 aliphatic carbocycles. The summed E-state index contributed by atoms with van der Waals surface area (Å²) in [7, 11) is 1.32. The highest BCUT2D eigenvalue weighted by atomic mass is 16.5. The van der Waals surface area contributed by atoms with Crippen molar-refractivity contribution in [2.45, 2.75) is 33.4 Å². The minimum Gasteiger partial charge on any atom is -0.486 e. The van der Waals surface area contributed by atoms with Gasteiger partial charge in [0.15, 0.2) is 5.82 Å². The Labute approximate surface area is 174 Å². The van der Waals surface area contributed by atoms with Crippen LogP contribution in [0, 0.1) is 6.92 Å². The van der Waals surface area contributed by atoms with Crippen LogP contribution in [0.25, 0.3) is 0 Å². The minimum atomic E-state index is -0.450. The first-order valence-corrected chi connectivity index (χ1v) is 9.39. The van der Waals surface area contributed by atoms with Gasteiger partial charge in [-0.15, -0.1) is 5.10 Å². The van der Waals surface area contributed by atoms with E-state index < -0.39 is 5.97 Å². The molecule has 0 saturated heterocycles. The molecule has 9 nitrogen and oxygen atoms in total. The van der Waals surface area contributed by atoms with Crippen molar-refractivity contribution in [2.75, 3.05) is 12.4 Å². The number of benzene rings is 2. The number of amides is 1. The van der Waals surface area contributed by atoms with E-state index in [2.05, 4.69) is 20.8 Å². The van der Waals surface area contributed by atoms with E-state index in [0.717, 1.165) is 5.56 Å². The van der Waals surface area contributed by atoms with Gasteiger partial charge in [0.1, 0.15) is 12.4 Å². The molecule has 2 aromatic carbocycles. The maximum atomic E-state index is 12.5. The lowest BCUT2D eigenvalue weighted by molar-refractivity contribution is 0.0599. The number of carbonyl (C=O) groups excluding carboxylic acids is 2. The number of esters is 1. The van der Waals surface area contributed by atoms with Crippen LogP contribution in [0.4, 0.5) is 5.69 Å². The summed E-state index contributed by atoms with van der Waals surface area (Å²) >= 11 is 0. The van der Waals surface area contributed by atoms with E-state index in [1.165, 1.54) is 7.11 Å². The van der Waals surface area contributed by atoms with Crippen LogP contribution in [-0.2, 0) is 11.3 Å². The Bertz CT molecular complexity index is 1040. The average molecular weight is 409 g/mol. The number of anilines is 1. The number of rotatable bonds is 7. The van der Waals surface area contributed by atoms with Gasteiger partial charge >= 0.3 is 5.97 Å². The van der Waals surface area contributed by atoms with E-state index >= 15 is 0 Å². The predicted molar refractivity (Wildman–Crippen MR) is 109 cm³/mol. The molecule has 0 bridgehead atoms. The maximum absolute atomic E-state index is 12.5. The van der Waals surface area contributed by atoms with Crippen LogP contribution in [0.2, 0.25) is 0 Å². The number of nitrogens with zero attached hydrogens (tertiary/aromatic N) is 4. The van der Waals surface area contributed by atoms with Gasteiger partial charge in [-0.2, -0.15) is 0 Å². The van der Waals surface area contributed by atoms with Gasteiger partial charge in [0, 0.05) is 11.3 Å². The number of carbonyl (C=O) groups is 2. The van der Waals surface area contributed by atoms with Crippen molar-refractivity contribution >= 4 is 17.6 Å². The van der Waals surface area contributed by atoms with Gasteiger partial charge in [-0.3, -0.25) is 4.79 Å². The molecule has 3 rings (SSSR count). The van der Waals surface area contributed by atoms with Gasteiger partial charge in [0.2, 0.25) is 0 Å². The van der Waals surface area contributed by atoms with Crippen molar-refractivity contribution in [1.29, 1.82) is 0 Å². The molecule has 0 spiro atoms. The molecule has 0 aliphatic rings. The van der Waals surface area contributed by atoms with Gasteiger partial charge in [-0.05, 0) is 73.2 Å². The second-order valence-electron chi connectivity index (χ2n) is 6.92. The van der Waals surface area contributed by atoms with E-state index in [4.69, 9.17) is 9.47 Å². The average Bonchev–Trinajstić information content (AvgIpc) is 3.22. The fraction of sp³-hybridized carbons (Fsp3) is 0.286. The number of hydrogen-bond donors (Lipinski definition) is 1. The fourth-order valence-corrected chi connectivity index (χ4v) is 2.79. The normalized spacial score (nSPS) is 10.7. The van der Waals surface area contributed by atoms with E-state index in [9.17, 15) is 9.59 Å². The molecule has 0 fully saturated rings. The summed E-state index contributed by atoms with van der Waals surface area (Å²) in [6.45, 7) is 5.98. The lowest BCUT2D eigenvalue weighted by Gasteiger charge is -2.10. The van der Waals surface area contributed by atoms with Gasteiger partial charge in [0.05, 0.1) is 18.7 Å². The maximum Gasteiger partial charge on any atom is 0.338 e. The van der Waals surface area contributed by atoms with Gasteiger partial charge < -0.3 is 14.8 Å². The van der Waals surface area contributed by atoms with Gasteiger partial charge in [0.25, 0.3) is 5.91 Å². The lowest BCUT2D eigenvalue weighted by Crippen LogP contribution is -2.13. The molecule has 0 aliphatic heterocycles. The molecule has 3 aromatic rings.